The zero-order valence-electron chi connectivity index (χ0n) is 10.4. The van der Waals surface area contributed by atoms with Crippen LogP contribution in [0, 0.1) is 6.92 Å². The summed E-state index contributed by atoms with van der Waals surface area (Å²) in [4.78, 5) is 19.1. The highest BCUT2D eigenvalue weighted by atomic mass is 32.1. The Morgan fingerprint density at radius 2 is 2.26 bits per heavy atom. The van der Waals surface area contributed by atoms with Gasteiger partial charge < -0.3 is 16.2 Å². The molecule has 6 nitrogen and oxygen atoms in total. The predicted molar refractivity (Wildman–Crippen MR) is 74.7 cm³/mol. The van der Waals surface area contributed by atoms with Crippen molar-refractivity contribution >= 4 is 28.8 Å². The molecule has 0 saturated carbocycles. The standard InChI is InChI=1S/C12H14N4O2S/c1-7-15-8(6-19-7)4-5-14-11-9(13)2-3-10(16-11)12(17)18/h2-3,6H,4-5,13H2,1H3,(H,14,16)(H,17,18). The number of aryl methyl sites for hydroxylation is 1. The average molecular weight is 278 g/mol. The lowest BCUT2D eigenvalue weighted by molar-refractivity contribution is 0.0690. The van der Waals surface area contributed by atoms with E-state index in [1.165, 1.54) is 12.1 Å². The van der Waals surface area contributed by atoms with Gasteiger partial charge in [-0.25, -0.2) is 14.8 Å². The van der Waals surface area contributed by atoms with Gasteiger partial charge in [0.15, 0.2) is 5.69 Å². The number of rotatable bonds is 5. The van der Waals surface area contributed by atoms with Gasteiger partial charge in [-0.3, -0.25) is 0 Å². The summed E-state index contributed by atoms with van der Waals surface area (Å²) < 4.78 is 0. The summed E-state index contributed by atoms with van der Waals surface area (Å²) in [6, 6.07) is 2.92. The van der Waals surface area contributed by atoms with Crippen LogP contribution >= 0.6 is 11.3 Å². The lowest BCUT2D eigenvalue weighted by Gasteiger charge is -2.08. The molecule has 0 radical (unpaired) electrons. The van der Waals surface area contributed by atoms with E-state index in [0.29, 0.717) is 18.1 Å². The first-order valence-electron chi connectivity index (χ1n) is 5.71. The van der Waals surface area contributed by atoms with Crippen molar-refractivity contribution in [2.75, 3.05) is 17.6 Å². The molecule has 19 heavy (non-hydrogen) atoms. The van der Waals surface area contributed by atoms with E-state index in [9.17, 15) is 4.79 Å². The number of hydrogen-bond acceptors (Lipinski definition) is 6. The number of carboxylic acids is 1. The van der Waals surface area contributed by atoms with Crippen LogP contribution in [0.3, 0.4) is 0 Å². The monoisotopic (exact) mass is 278 g/mol. The van der Waals surface area contributed by atoms with Gasteiger partial charge in [0, 0.05) is 18.3 Å². The summed E-state index contributed by atoms with van der Waals surface area (Å²) in [6.07, 6.45) is 0.739. The van der Waals surface area contributed by atoms with Crippen LogP contribution in [0.5, 0.6) is 0 Å². The number of nitrogens with one attached hydrogen (secondary N) is 1. The zero-order valence-corrected chi connectivity index (χ0v) is 11.2. The SMILES string of the molecule is Cc1nc(CCNc2nc(C(=O)O)ccc2N)cs1. The second-order valence-corrected chi connectivity index (χ2v) is 5.04. The minimum atomic E-state index is -1.07. The van der Waals surface area contributed by atoms with E-state index in [0.717, 1.165) is 17.1 Å². The van der Waals surface area contributed by atoms with Gasteiger partial charge in [-0.15, -0.1) is 11.3 Å². The van der Waals surface area contributed by atoms with E-state index in [1.807, 2.05) is 12.3 Å². The lowest BCUT2D eigenvalue weighted by Crippen LogP contribution is -2.11. The molecule has 0 unspecified atom stereocenters. The molecule has 2 aromatic rings. The summed E-state index contributed by atoms with van der Waals surface area (Å²) in [5.41, 5.74) is 7.15. The van der Waals surface area contributed by atoms with Crippen molar-refractivity contribution < 1.29 is 9.90 Å². The van der Waals surface area contributed by atoms with Gasteiger partial charge >= 0.3 is 5.97 Å². The molecule has 0 fully saturated rings. The van der Waals surface area contributed by atoms with Crippen LogP contribution in [0.1, 0.15) is 21.2 Å². The van der Waals surface area contributed by atoms with E-state index in [4.69, 9.17) is 10.8 Å². The molecule has 0 atom stereocenters. The first-order valence-corrected chi connectivity index (χ1v) is 6.59. The molecule has 2 rings (SSSR count). The number of hydrogen-bond donors (Lipinski definition) is 3. The second kappa shape index (κ2) is 5.66. The van der Waals surface area contributed by atoms with Crippen LogP contribution in [0.2, 0.25) is 0 Å². The molecule has 0 aliphatic heterocycles. The molecule has 0 aliphatic carbocycles. The Bertz CT molecular complexity index is 597. The summed E-state index contributed by atoms with van der Waals surface area (Å²) in [5, 5.41) is 14.9. The van der Waals surface area contributed by atoms with Crippen LogP contribution in [0.15, 0.2) is 17.5 Å². The third-order valence-corrected chi connectivity index (χ3v) is 3.31. The minimum Gasteiger partial charge on any atom is -0.477 e. The number of thiazole rings is 1. The molecular weight excluding hydrogens is 264 g/mol. The molecule has 0 bridgehead atoms. The zero-order chi connectivity index (χ0) is 13.8. The Labute approximate surface area is 114 Å². The Hall–Kier alpha value is -2.15. The molecule has 0 spiro atoms. The summed E-state index contributed by atoms with van der Waals surface area (Å²) in [5.74, 6) is -0.676. The van der Waals surface area contributed by atoms with E-state index < -0.39 is 5.97 Å². The van der Waals surface area contributed by atoms with E-state index in [2.05, 4.69) is 15.3 Å². The van der Waals surface area contributed by atoms with Crippen molar-refractivity contribution in [3.63, 3.8) is 0 Å². The molecule has 0 aromatic carbocycles. The fourth-order valence-electron chi connectivity index (χ4n) is 1.56. The fraction of sp³-hybridized carbons (Fsp3) is 0.250. The molecule has 2 heterocycles. The Morgan fingerprint density at radius 3 is 2.89 bits per heavy atom. The number of anilines is 2. The van der Waals surface area contributed by atoms with Gasteiger partial charge in [-0.1, -0.05) is 0 Å². The highest BCUT2D eigenvalue weighted by Crippen LogP contribution is 2.16. The average Bonchev–Trinajstić information content (AvgIpc) is 2.77. The largest absolute Gasteiger partial charge is 0.477 e. The minimum absolute atomic E-state index is 0.0267. The van der Waals surface area contributed by atoms with Crippen molar-refractivity contribution in [3.8, 4) is 0 Å². The maximum Gasteiger partial charge on any atom is 0.354 e. The van der Waals surface area contributed by atoms with E-state index >= 15 is 0 Å². The van der Waals surface area contributed by atoms with Crippen LogP contribution in [0.25, 0.3) is 0 Å². The Kier molecular flexibility index (Phi) is 3.96. The number of pyridine rings is 1. The van der Waals surface area contributed by atoms with Crippen LogP contribution < -0.4 is 11.1 Å². The number of aromatic carboxylic acids is 1. The highest BCUT2D eigenvalue weighted by molar-refractivity contribution is 7.09. The highest BCUT2D eigenvalue weighted by Gasteiger charge is 2.08. The van der Waals surface area contributed by atoms with E-state index in [-0.39, 0.29) is 5.69 Å². The molecule has 7 heteroatoms. The lowest BCUT2D eigenvalue weighted by atomic mass is 10.3. The Morgan fingerprint density at radius 1 is 1.47 bits per heavy atom. The fourth-order valence-corrected chi connectivity index (χ4v) is 2.21. The van der Waals surface area contributed by atoms with Crippen molar-refractivity contribution in [2.45, 2.75) is 13.3 Å². The van der Waals surface area contributed by atoms with Crippen molar-refractivity contribution in [3.05, 3.63) is 33.9 Å². The Balaban J connectivity index is 1.99. The van der Waals surface area contributed by atoms with Crippen molar-refractivity contribution in [2.24, 2.45) is 0 Å². The first-order chi connectivity index (χ1) is 9.06. The van der Waals surface area contributed by atoms with Crippen LogP contribution in [0.4, 0.5) is 11.5 Å². The summed E-state index contributed by atoms with van der Waals surface area (Å²) in [7, 11) is 0. The molecule has 0 amide bonds. The van der Waals surface area contributed by atoms with Gasteiger partial charge in [-0.2, -0.15) is 0 Å². The molecular formula is C12H14N4O2S. The van der Waals surface area contributed by atoms with Gasteiger partial charge in [0.2, 0.25) is 0 Å². The molecule has 4 N–H and O–H groups in total. The molecule has 0 saturated heterocycles. The number of carboxylic acid groups (broad SMARTS) is 1. The smallest absolute Gasteiger partial charge is 0.354 e. The molecule has 100 valence electrons. The maximum atomic E-state index is 10.8. The normalized spacial score (nSPS) is 10.4. The molecule has 2 aromatic heterocycles. The number of carbonyl (C=O) groups is 1. The van der Waals surface area contributed by atoms with Gasteiger partial charge in [0.05, 0.1) is 16.4 Å². The quantitative estimate of drug-likeness (QED) is 0.770. The molecule has 0 aliphatic rings. The first kappa shape index (κ1) is 13.3. The summed E-state index contributed by atoms with van der Waals surface area (Å²) >= 11 is 1.60. The van der Waals surface area contributed by atoms with Crippen molar-refractivity contribution in [1.82, 2.24) is 9.97 Å². The van der Waals surface area contributed by atoms with Crippen molar-refractivity contribution in [1.29, 1.82) is 0 Å². The summed E-state index contributed by atoms with van der Waals surface area (Å²) in [6.45, 7) is 2.56. The number of nitrogens with zero attached hydrogens (tertiary/aromatic N) is 2. The predicted octanol–water partition coefficient (Wildman–Crippen LogP) is 1.78. The topological polar surface area (TPSA) is 101 Å². The number of nitrogen functional groups attached to an aromatic ring is 1. The van der Waals surface area contributed by atoms with Gasteiger partial charge in [0.25, 0.3) is 0 Å². The second-order valence-electron chi connectivity index (χ2n) is 3.97. The van der Waals surface area contributed by atoms with E-state index in [1.54, 1.807) is 11.3 Å². The van der Waals surface area contributed by atoms with Crippen LogP contribution in [-0.4, -0.2) is 27.6 Å². The van der Waals surface area contributed by atoms with Crippen LogP contribution in [-0.2, 0) is 6.42 Å². The number of aromatic nitrogens is 2. The maximum absolute atomic E-state index is 10.8. The number of nitrogens with two attached hydrogens (primary N) is 1. The van der Waals surface area contributed by atoms with Gasteiger partial charge in [0.1, 0.15) is 5.82 Å². The third kappa shape index (κ3) is 3.41. The third-order valence-electron chi connectivity index (χ3n) is 2.49. The van der Waals surface area contributed by atoms with Gasteiger partial charge in [-0.05, 0) is 19.1 Å².